The third kappa shape index (κ3) is 5.41. The lowest BCUT2D eigenvalue weighted by molar-refractivity contribution is -0.157. The zero-order valence-electron chi connectivity index (χ0n) is 15.5. The first-order chi connectivity index (χ1) is 12.2. The SMILES string of the molecule is C[C@@H](c1ccc(F)cc1)[C@@H](NC(=O)c1ccccc1)C(=O)OC(C)(C)C. The van der Waals surface area contributed by atoms with E-state index >= 15 is 0 Å². The molecule has 4 nitrogen and oxygen atoms in total. The molecule has 0 saturated carbocycles. The van der Waals surface area contributed by atoms with E-state index in [1.54, 1.807) is 64.1 Å². The van der Waals surface area contributed by atoms with Gasteiger partial charge < -0.3 is 10.1 Å². The van der Waals surface area contributed by atoms with Crippen LogP contribution in [0.1, 0.15) is 49.5 Å². The zero-order chi connectivity index (χ0) is 19.3. The Morgan fingerprint density at radius 3 is 2.12 bits per heavy atom. The summed E-state index contributed by atoms with van der Waals surface area (Å²) in [5.74, 6) is -1.64. The molecule has 2 atom stereocenters. The number of benzene rings is 2. The summed E-state index contributed by atoms with van der Waals surface area (Å²) >= 11 is 0. The Kier molecular flexibility index (Phi) is 6.14. The standard InChI is InChI=1S/C21H24FNO3/c1-14(15-10-12-17(22)13-11-15)18(20(25)26-21(2,3)4)23-19(24)16-8-6-5-7-9-16/h5-14,18H,1-4H3,(H,23,24)/t14-,18+/m0/s1. The van der Waals surface area contributed by atoms with Gasteiger partial charge in [0.2, 0.25) is 0 Å². The van der Waals surface area contributed by atoms with Crippen LogP contribution in [0.5, 0.6) is 0 Å². The summed E-state index contributed by atoms with van der Waals surface area (Å²) in [5.41, 5.74) is 0.498. The fraction of sp³-hybridized carbons (Fsp3) is 0.333. The minimum atomic E-state index is -0.896. The lowest BCUT2D eigenvalue weighted by atomic mass is 9.92. The molecular formula is C21H24FNO3. The first-order valence-corrected chi connectivity index (χ1v) is 8.51. The smallest absolute Gasteiger partial charge is 0.329 e. The highest BCUT2D eigenvalue weighted by atomic mass is 19.1. The quantitative estimate of drug-likeness (QED) is 0.821. The molecule has 26 heavy (non-hydrogen) atoms. The Labute approximate surface area is 153 Å². The first-order valence-electron chi connectivity index (χ1n) is 8.51. The number of hydrogen-bond donors (Lipinski definition) is 1. The second-order valence-corrected chi connectivity index (χ2v) is 7.19. The van der Waals surface area contributed by atoms with Gasteiger partial charge in [-0.05, 0) is 50.6 Å². The molecule has 0 radical (unpaired) electrons. The monoisotopic (exact) mass is 357 g/mol. The summed E-state index contributed by atoms with van der Waals surface area (Å²) < 4.78 is 18.7. The highest BCUT2D eigenvalue weighted by Crippen LogP contribution is 2.23. The number of carbonyl (C=O) groups excluding carboxylic acids is 2. The number of amides is 1. The van der Waals surface area contributed by atoms with Crippen LogP contribution >= 0.6 is 0 Å². The van der Waals surface area contributed by atoms with Crippen molar-refractivity contribution in [2.24, 2.45) is 0 Å². The Morgan fingerprint density at radius 2 is 1.58 bits per heavy atom. The largest absolute Gasteiger partial charge is 0.458 e. The van der Waals surface area contributed by atoms with E-state index in [0.29, 0.717) is 5.56 Å². The summed E-state index contributed by atoms with van der Waals surface area (Å²) in [4.78, 5) is 25.2. The average Bonchev–Trinajstić information content (AvgIpc) is 2.58. The minimum Gasteiger partial charge on any atom is -0.458 e. The van der Waals surface area contributed by atoms with Gasteiger partial charge in [0, 0.05) is 11.5 Å². The van der Waals surface area contributed by atoms with E-state index in [4.69, 9.17) is 4.74 Å². The van der Waals surface area contributed by atoms with Gasteiger partial charge in [-0.1, -0.05) is 37.3 Å². The Morgan fingerprint density at radius 1 is 1.00 bits per heavy atom. The third-order valence-corrected chi connectivity index (χ3v) is 3.88. The fourth-order valence-corrected chi connectivity index (χ4v) is 2.53. The number of esters is 1. The summed E-state index contributed by atoms with van der Waals surface area (Å²) in [6.45, 7) is 7.10. The molecule has 0 unspecified atom stereocenters. The van der Waals surface area contributed by atoms with Crippen LogP contribution in [0, 0.1) is 5.82 Å². The maximum Gasteiger partial charge on any atom is 0.329 e. The molecule has 0 aliphatic rings. The highest BCUT2D eigenvalue weighted by molar-refractivity contribution is 5.97. The number of halogens is 1. The predicted molar refractivity (Wildman–Crippen MR) is 98.4 cm³/mol. The van der Waals surface area contributed by atoms with Gasteiger partial charge in [-0.2, -0.15) is 0 Å². The maximum atomic E-state index is 13.2. The van der Waals surface area contributed by atoms with Gasteiger partial charge in [-0.3, -0.25) is 4.79 Å². The molecule has 1 N–H and O–H groups in total. The molecule has 5 heteroatoms. The molecule has 0 aromatic heterocycles. The third-order valence-electron chi connectivity index (χ3n) is 3.88. The Balaban J connectivity index is 2.27. The zero-order valence-corrected chi connectivity index (χ0v) is 15.5. The number of carbonyl (C=O) groups is 2. The van der Waals surface area contributed by atoms with E-state index in [9.17, 15) is 14.0 Å². The van der Waals surface area contributed by atoms with Gasteiger partial charge in [0.25, 0.3) is 5.91 Å². The number of ether oxygens (including phenoxy) is 1. The van der Waals surface area contributed by atoms with Crippen molar-refractivity contribution in [1.82, 2.24) is 5.32 Å². The van der Waals surface area contributed by atoms with Crippen molar-refractivity contribution in [1.29, 1.82) is 0 Å². The predicted octanol–water partition coefficient (Wildman–Crippen LogP) is 4.07. The topological polar surface area (TPSA) is 55.4 Å². The number of hydrogen-bond acceptors (Lipinski definition) is 3. The molecule has 0 spiro atoms. The van der Waals surface area contributed by atoms with Crippen molar-refractivity contribution in [3.05, 3.63) is 71.5 Å². The summed E-state index contributed by atoms with van der Waals surface area (Å²) in [7, 11) is 0. The van der Waals surface area contributed by atoms with Gasteiger partial charge >= 0.3 is 5.97 Å². The van der Waals surface area contributed by atoms with Crippen LogP contribution in [-0.2, 0) is 9.53 Å². The van der Waals surface area contributed by atoms with E-state index in [1.807, 2.05) is 6.07 Å². The summed E-state index contributed by atoms with van der Waals surface area (Å²) in [6.07, 6.45) is 0. The van der Waals surface area contributed by atoms with E-state index in [0.717, 1.165) is 5.56 Å². The Hall–Kier alpha value is -2.69. The van der Waals surface area contributed by atoms with Crippen molar-refractivity contribution in [2.45, 2.75) is 45.3 Å². The molecule has 0 bridgehead atoms. The van der Waals surface area contributed by atoms with Crippen molar-refractivity contribution in [2.75, 3.05) is 0 Å². The first kappa shape index (κ1) is 19.6. The second-order valence-electron chi connectivity index (χ2n) is 7.19. The molecule has 0 fully saturated rings. The normalized spacial score (nSPS) is 13.6. The fourth-order valence-electron chi connectivity index (χ4n) is 2.53. The van der Waals surface area contributed by atoms with Crippen molar-refractivity contribution in [3.63, 3.8) is 0 Å². The highest BCUT2D eigenvalue weighted by Gasteiger charge is 2.32. The molecule has 0 aliphatic carbocycles. The number of rotatable bonds is 5. The number of nitrogens with one attached hydrogen (secondary N) is 1. The maximum absolute atomic E-state index is 13.2. The Bertz CT molecular complexity index is 751. The van der Waals surface area contributed by atoms with Crippen molar-refractivity contribution >= 4 is 11.9 Å². The summed E-state index contributed by atoms with van der Waals surface area (Å²) in [5, 5.41) is 2.76. The molecule has 0 aliphatic heterocycles. The lowest BCUT2D eigenvalue weighted by Crippen LogP contribution is -2.47. The van der Waals surface area contributed by atoms with Crippen molar-refractivity contribution in [3.8, 4) is 0 Å². The van der Waals surface area contributed by atoms with Gasteiger partial charge in [-0.25, -0.2) is 9.18 Å². The van der Waals surface area contributed by atoms with Crippen LogP contribution in [0.15, 0.2) is 54.6 Å². The van der Waals surface area contributed by atoms with E-state index < -0.39 is 23.5 Å². The van der Waals surface area contributed by atoms with Crippen LogP contribution in [0.2, 0.25) is 0 Å². The van der Waals surface area contributed by atoms with E-state index in [1.165, 1.54) is 12.1 Å². The molecule has 0 heterocycles. The van der Waals surface area contributed by atoms with Crippen molar-refractivity contribution < 1.29 is 18.7 Å². The molecule has 2 rings (SSSR count). The van der Waals surface area contributed by atoms with Gasteiger partial charge in [0.05, 0.1) is 0 Å². The van der Waals surface area contributed by atoms with Crippen LogP contribution in [-0.4, -0.2) is 23.5 Å². The average molecular weight is 357 g/mol. The molecule has 0 saturated heterocycles. The van der Waals surface area contributed by atoms with Crippen LogP contribution < -0.4 is 5.32 Å². The molecule has 2 aromatic rings. The van der Waals surface area contributed by atoms with Gasteiger partial charge in [0.15, 0.2) is 0 Å². The molecule has 138 valence electrons. The molecule has 2 aromatic carbocycles. The second kappa shape index (κ2) is 8.13. The van der Waals surface area contributed by atoms with Crippen LogP contribution in [0.3, 0.4) is 0 Å². The summed E-state index contributed by atoms with van der Waals surface area (Å²) in [6, 6.07) is 13.6. The van der Waals surface area contributed by atoms with Gasteiger partial charge in [-0.15, -0.1) is 0 Å². The molecule has 1 amide bonds. The lowest BCUT2D eigenvalue weighted by Gasteiger charge is -2.28. The van der Waals surface area contributed by atoms with Crippen LogP contribution in [0.25, 0.3) is 0 Å². The van der Waals surface area contributed by atoms with Gasteiger partial charge in [0.1, 0.15) is 17.5 Å². The minimum absolute atomic E-state index is 0.358. The van der Waals surface area contributed by atoms with Crippen LogP contribution in [0.4, 0.5) is 4.39 Å². The van der Waals surface area contributed by atoms with E-state index in [-0.39, 0.29) is 11.7 Å². The molecular weight excluding hydrogens is 333 g/mol. The van der Waals surface area contributed by atoms with E-state index in [2.05, 4.69) is 5.32 Å².